The van der Waals surface area contributed by atoms with Gasteiger partial charge in [-0.1, -0.05) is 41.5 Å². The molecule has 2 atom stereocenters. The number of carbonyl (C=O) groups excluding carboxylic acids is 1. The van der Waals surface area contributed by atoms with Crippen molar-refractivity contribution < 1.29 is 24.2 Å². The second-order valence-corrected chi connectivity index (χ2v) is 12.2. The Bertz CT molecular complexity index is 309. The van der Waals surface area contributed by atoms with E-state index >= 15 is 0 Å². The van der Waals surface area contributed by atoms with Crippen molar-refractivity contribution in [1.82, 2.24) is 0 Å². The van der Waals surface area contributed by atoms with Gasteiger partial charge < -0.3 is 19.4 Å². The average Bonchev–Trinajstić information content (AvgIpc) is 2.44. The molecule has 0 spiro atoms. The normalized spacial score (nSPS) is 15.5. The highest BCUT2D eigenvalue weighted by molar-refractivity contribution is 6.77. The Kier molecular flexibility index (Phi) is 9.46. The molecule has 0 aliphatic carbocycles. The number of aliphatic hydroxyl groups is 2. The molecule has 2 N–H and O–H groups in total. The fraction of sp³-hybridized carbons (Fsp3) is 0.938. The first-order chi connectivity index (χ1) is 10.1. The predicted molar refractivity (Wildman–Crippen MR) is 90.3 cm³/mol. The van der Waals surface area contributed by atoms with Gasteiger partial charge in [-0.05, 0) is 23.0 Å². The van der Waals surface area contributed by atoms with Gasteiger partial charge in [0.1, 0.15) is 0 Å². The highest BCUT2D eigenvalue weighted by Gasteiger charge is 2.47. The van der Waals surface area contributed by atoms with Gasteiger partial charge >= 0.3 is 5.97 Å². The van der Waals surface area contributed by atoms with E-state index in [0.717, 1.165) is 0 Å². The van der Waals surface area contributed by atoms with Gasteiger partial charge in [-0.25, -0.2) is 0 Å². The zero-order chi connectivity index (χ0) is 17.5. The van der Waals surface area contributed by atoms with E-state index in [1.165, 1.54) is 7.11 Å². The molecule has 0 saturated carbocycles. The lowest BCUT2D eigenvalue weighted by Gasteiger charge is -2.45. The quantitative estimate of drug-likeness (QED) is 0.474. The minimum absolute atomic E-state index is 0.122. The van der Waals surface area contributed by atoms with Gasteiger partial charge in [-0.3, -0.25) is 4.79 Å². The molecule has 0 aromatic carbocycles. The highest BCUT2D eigenvalue weighted by Crippen LogP contribution is 2.43. The summed E-state index contributed by atoms with van der Waals surface area (Å²) in [6, 6.07) is 0. The van der Waals surface area contributed by atoms with Crippen LogP contribution in [0.25, 0.3) is 0 Å². The first kappa shape index (κ1) is 21.6. The summed E-state index contributed by atoms with van der Waals surface area (Å²) in [5.41, 5.74) is 1.11. The van der Waals surface area contributed by atoms with E-state index in [1.54, 1.807) is 0 Å². The second-order valence-electron chi connectivity index (χ2n) is 6.84. The molecule has 0 fully saturated rings. The molecule has 0 bridgehead atoms. The molecule has 132 valence electrons. The van der Waals surface area contributed by atoms with E-state index < -0.39 is 20.5 Å². The Balaban J connectivity index is 5.09. The third-order valence-electron chi connectivity index (χ3n) is 4.54. The molecule has 0 saturated heterocycles. The van der Waals surface area contributed by atoms with Crippen molar-refractivity contribution in [3.05, 3.63) is 0 Å². The van der Waals surface area contributed by atoms with Gasteiger partial charge in [0.15, 0.2) is 0 Å². The van der Waals surface area contributed by atoms with Gasteiger partial charge in [0.05, 0.1) is 25.9 Å². The monoisotopic (exact) mass is 334 g/mol. The smallest absolute Gasteiger partial charge is 0.305 e. The van der Waals surface area contributed by atoms with Crippen LogP contribution in [0.1, 0.15) is 54.4 Å². The first-order valence-corrected chi connectivity index (χ1v) is 10.3. The minimum atomic E-state index is -2.18. The number of aliphatic hydroxyl groups excluding tert-OH is 2. The van der Waals surface area contributed by atoms with Crippen LogP contribution in [0.4, 0.5) is 0 Å². The number of hydrogen-bond donors (Lipinski definition) is 2. The number of methoxy groups -OCH3 is 1. The summed E-state index contributed by atoms with van der Waals surface area (Å²) in [5, 5.41) is 19.9. The SMILES string of the molecule is COC(=O)CC[C@H](O)[C@@H](CO)O[Si](C(C)C)(C(C)C)C(C)C. The van der Waals surface area contributed by atoms with Crippen LogP contribution >= 0.6 is 0 Å². The second kappa shape index (κ2) is 9.65. The van der Waals surface area contributed by atoms with Crippen molar-refractivity contribution in [3.63, 3.8) is 0 Å². The van der Waals surface area contributed by atoms with Crippen LogP contribution < -0.4 is 0 Å². The lowest BCUT2D eigenvalue weighted by Crippen LogP contribution is -2.53. The van der Waals surface area contributed by atoms with Crippen LogP contribution in [0.5, 0.6) is 0 Å². The third-order valence-corrected chi connectivity index (χ3v) is 10.7. The van der Waals surface area contributed by atoms with Crippen LogP contribution in [-0.2, 0) is 14.0 Å². The Morgan fingerprint density at radius 3 is 1.82 bits per heavy atom. The number of esters is 1. The van der Waals surface area contributed by atoms with Crippen molar-refractivity contribution >= 4 is 14.3 Å². The molecule has 0 amide bonds. The zero-order valence-electron chi connectivity index (χ0n) is 15.1. The van der Waals surface area contributed by atoms with Crippen LogP contribution in [-0.4, -0.2) is 50.4 Å². The van der Waals surface area contributed by atoms with E-state index in [1.807, 2.05) is 0 Å². The molecular formula is C16H34O5Si. The third kappa shape index (κ3) is 5.33. The molecule has 0 aliphatic rings. The molecule has 5 nitrogen and oxygen atoms in total. The maximum atomic E-state index is 11.2. The number of ether oxygens (including phenoxy) is 1. The Labute approximate surface area is 136 Å². The van der Waals surface area contributed by atoms with Gasteiger partial charge in [0, 0.05) is 6.42 Å². The molecule has 0 unspecified atom stereocenters. The number of hydrogen-bond acceptors (Lipinski definition) is 5. The molecule has 6 heteroatoms. The molecule has 0 aromatic rings. The van der Waals surface area contributed by atoms with Crippen LogP contribution in [0.3, 0.4) is 0 Å². The van der Waals surface area contributed by atoms with Crippen molar-refractivity contribution in [2.45, 2.75) is 83.2 Å². The molecule has 0 rings (SSSR count). The Morgan fingerprint density at radius 2 is 1.50 bits per heavy atom. The van der Waals surface area contributed by atoms with E-state index in [2.05, 4.69) is 46.3 Å². The molecular weight excluding hydrogens is 300 g/mol. The summed E-state index contributed by atoms with van der Waals surface area (Å²) >= 11 is 0. The maximum absolute atomic E-state index is 11.2. The van der Waals surface area contributed by atoms with Crippen LogP contribution in [0.2, 0.25) is 16.6 Å². The molecule has 0 heterocycles. The largest absolute Gasteiger partial charge is 0.469 e. The van der Waals surface area contributed by atoms with Gasteiger partial charge in [-0.2, -0.15) is 0 Å². The predicted octanol–water partition coefficient (Wildman–Crippen LogP) is 2.85. The summed E-state index contributed by atoms with van der Waals surface area (Å²) in [6.45, 7) is 12.7. The topological polar surface area (TPSA) is 76.0 Å². The van der Waals surface area contributed by atoms with Crippen LogP contribution in [0.15, 0.2) is 0 Å². The molecule has 22 heavy (non-hydrogen) atoms. The number of carbonyl (C=O) groups is 1. The Morgan fingerprint density at radius 1 is 1.05 bits per heavy atom. The molecule has 0 radical (unpaired) electrons. The van der Waals surface area contributed by atoms with Crippen molar-refractivity contribution in [2.24, 2.45) is 0 Å². The fourth-order valence-electron chi connectivity index (χ4n) is 3.46. The fourth-order valence-corrected chi connectivity index (χ4v) is 9.03. The van der Waals surface area contributed by atoms with Crippen LogP contribution in [0, 0.1) is 0 Å². The highest BCUT2D eigenvalue weighted by atomic mass is 28.4. The van der Waals surface area contributed by atoms with Crippen molar-refractivity contribution in [3.8, 4) is 0 Å². The van der Waals surface area contributed by atoms with Crippen molar-refractivity contribution in [1.29, 1.82) is 0 Å². The summed E-state index contributed by atoms with van der Waals surface area (Å²) in [4.78, 5) is 11.2. The Hall–Kier alpha value is -0.433. The lowest BCUT2D eigenvalue weighted by atomic mass is 10.1. The van der Waals surface area contributed by atoms with Gasteiger partial charge in [-0.15, -0.1) is 0 Å². The minimum Gasteiger partial charge on any atom is -0.469 e. The summed E-state index contributed by atoms with van der Waals surface area (Å²) in [5.74, 6) is -0.365. The van der Waals surface area contributed by atoms with Gasteiger partial charge in [0.2, 0.25) is 8.32 Å². The molecule has 0 aliphatic heterocycles. The van der Waals surface area contributed by atoms with E-state index in [4.69, 9.17) is 4.43 Å². The van der Waals surface area contributed by atoms with E-state index in [-0.39, 0.29) is 25.4 Å². The van der Waals surface area contributed by atoms with Gasteiger partial charge in [0.25, 0.3) is 0 Å². The number of rotatable bonds is 10. The molecule has 0 aromatic heterocycles. The van der Waals surface area contributed by atoms with E-state index in [9.17, 15) is 15.0 Å². The summed E-state index contributed by atoms with van der Waals surface area (Å²) in [7, 11) is -0.853. The lowest BCUT2D eigenvalue weighted by molar-refractivity contribution is -0.141. The average molecular weight is 335 g/mol. The maximum Gasteiger partial charge on any atom is 0.305 e. The van der Waals surface area contributed by atoms with E-state index in [0.29, 0.717) is 16.6 Å². The summed E-state index contributed by atoms with van der Waals surface area (Å²) in [6.07, 6.45) is -1.16. The van der Waals surface area contributed by atoms with Crippen molar-refractivity contribution in [2.75, 3.05) is 13.7 Å². The first-order valence-electron chi connectivity index (χ1n) is 8.16. The zero-order valence-corrected chi connectivity index (χ0v) is 16.1. The summed E-state index contributed by atoms with van der Waals surface area (Å²) < 4.78 is 11.0. The standard InChI is InChI=1S/C16H34O5Si/c1-11(2)22(12(3)4,13(5)6)21-15(10-17)14(18)8-9-16(19)20-7/h11-15,17-18H,8-10H2,1-7H3/t14-,15+/m0/s1.